The molecule has 2 aromatic rings. The molecule has 0 saturated heterocycles. The summed E-state index contributed by atoms with van der Waals surface area (Å²) in [4.78, 5) is 9.95. The molecule has 2 rings (SSSR count). The molecule has 1 heterocycles. The van der Waals surface area contributed by atoms with Crippen molar-refractivity contribution in [3.8, 4) is 0 Å². The highest BCUT2D eigenvalue weighted by atomic mass is 32.2. The third-order valence-electron chi connectivity index (χ3n) is 2.67. The lowest BCUT2D eigenvalue weighted by Gasteiger charge is -2.12. The predicted octanol–water partition coefficient (Wildman–Crippen LogP) is 3.13. The van der Waals surface area contributed by atoms with E-state index in [-0.39, 0.29) is 0 Å². The normalized spacial score (nSPS) is 10.3. The van der Waals surface area contributed by atoms with E-state index in [1.807, 2.05) is 31.3 Å². The Hall–Kier alpha value is -1.79. The van der Waals surface area contributed by atoms with Gasteiger partial charge in [0.25, 0.3) is 0 Å². The molecular weight excluding hydrogens is 272 g/mol. The lowest BCUT2D eigenvalue weighted by Crippen LogP contribution is -2.05. The smallest absolute Gasteiger partial charge is 0.158 e. The van der Waals surface area contributed by atoms with Crippen molar-refractivity contribution < 1.29 is 4.74 Å². The number of thioether (sulfide) groups is 1. The fraction of sp³-hybridized carbons (Fsp3) is 0.286. The summed E-state index contributed by atoms with van der Waals surface area (Å²) in [5.74, 6) is 2.15. The number of anilines is 3. The second kappa shape index (κ2) is 7.12. The number of hydrogen-bond acceptors (Lipinski definition) is 6. The molecule has 0 aliphatic heterocycles. The van der Waals surface area contributed by atoms with E-state index in [9.17, 15) is 0 Å². The number of rotatable bonds is 6. The Bertz CT molecular complexity index is 577. The molecule has 0 saturated carbocycles. The summed E-state index contributed by atoms with van der Waals surface area (Å²) in [6, 6.07) is 9.99. The van der Waals surface area contributed by atoms with E-state index in [0.717, 1.165) is 17.3 Å². The van der Waals surface area contributed by atoms with Gasteiger partial charge in [-0.05, 0) is 18.4 Å². The lowest BCUT2D eigenvalue weighted by atomic mass is 10.3. The number of hydrogen-bond donors (Lipinski definition) is 2. The molecule has 0 bridgehead atoms. The van der Waals surface area contributed by atoms with Crippen LogP contribution >= 0.6 is 11.8 Å². The van der Waals surface area contributed by atoms with Crippen LogP contribution in [-0.4, -0.2) is 30.4 Å². The Morgan fingerprint density at radius 3 is 2.65 bits per heavy atom. The van der Waals surface area contributed by atoms with Crippen LogP contribution in [-0.2, 0) is 11.3 Å². The van der Waals surface area contributed by atoms with Crippen LogP contribution in [0.15, 0.2) is 35.2 Å². The Balaban J connectivity index is 2.30. The zero-order valence-corrected chi connectivity index (χ0v) is 12.6. The molecule has 0 amide bonds. The first-order chi connectivity index (χ1) is 9.76. The lowest BCUT2D eigenvalue weighted by molar-refractivity contribution is 0.178. The molecule has 2 N–H and O–H groups in total. The van der Waals surface area contributed by atoms with Crippen molar-refractivity contribution in [1.29, 1.82) is 0 Å². The van der Waals surface area contributed by atoms with Crippen molar-refractivity contribution in [3.63, 3.8) is 0 Å². The van der Waals surface area contributed by atoms with Crippen LogP contribution in [0.25, 0.3) is 0 Å². The zero-order valence-electron chi connectivity index (χ0n) is 11.8. The highest BCUT2D eigenvalue weighted by Crippen LogP contribution is 2.27. The molecule has 0 fully saturated rings. The largest absolute Gasteiger partial charge is 0.377 e. The van der Waals surface area contributed by atoms with E-state index in [1.54, 1.807) is 18.9 Å². The Kier molecular flexibility index (Phi) is 5.20. The molecule has 1 aromatic carbocycles. The fourth-order valence-electron chi connectivity index (χ4n) is 1.77. The van der Waals surface area contributed by atoms with Crippen molar-refractivity contribution in [1.82, 2.24) is 9.97 Å². The first-order valence-corrected chi connectivity index (χ1v) is 7.44. The van der Waals surface area contributed by atoms with Crippen LogP contribution in [0, 0.1) is 0 Å². The average Bonchev–Trinajstić information content (AvgIpc) is 2.48. The number of nitrogens with one attached hydrogen (secondary N) is 2. The van der Waals surface area contributed by atoms with Crippen LogP contribution in [0.3, 0.4) is 0 Å². The van der Waals surface area contributed by atoms with Gasteiger partial charge in [0.2, 0.25) is 0 Å². The van der Waals surface area contributed by atoms with Gasteiger partial charge in [-0.3, -0.25) is 0 Å². The molecule has 0 unspecified atom stereocenters. The highest BCUT2D eigenvalue weighted by Gasteiger charge is 2.06. The van der Waals surface area contributed by atoms with Gasteiger partial charge in [0.1, 0.15) is 18.2 Å². The third-order valence-corrected chi connectivity index (χ3v) is 3.47. The third kappa shape index (κ3) is 3.61. The summed E-state index contributed by atoms with van der Waals surface area (Å²) in [6.45, 7) is 0.383. The highest BCUT2D eigenvalue weighted by molar-refractivity contribution is 7.98. The quantitative estimate of drug-likeness (QED) is 0.797. The van der Waals surface area contributed by atoms with Gasteiger partial charge in [-0.25, -0.2) is 9.97 Å². The molecule has 5 nitrogen and oxygen atoms in total. The summed E-state index contributed by atoms with van der Waals surface area (Å²) in [5, 5.41) is 6.36. The minimum atomic E-state index is 0.383. The van der Waals surface area contributed by atoms with E-state index in [0.29, 0.717) is 12.4 Å². The Labute approximate surface area is 123 Å². The maximum Gasteiger partial charge on any atom is 0.158 e. The van der Waals surface area contributed by atoms with Crippen molar-refractivity contribution in [3.05, 3.63) is 36.2 Å². The Morgan fingerprint density at radius 1 is 1.20 bits per heavy atom. The first-order valence-electron chi connectivity index (χ1n) is 6.21. The van der Waals surface area contributed by atoms with Gasteiger partial charge in [-0.2, -0.15) is 0 Å². The SMILES string of the molecule is CNc1cc(Nc2ccccc2SC)nc(COC)n1. The van der Waals surface area contributed by atoms with Gasteiger partial charge >= 0.3 is 0 Å². The number of methoxy groups -OCH3 is 1. The van der Waals surface area contributed by atoms with Gasteiger partial charge in [-0.15, -0.1) is 11.8 Å². The molecule has 0 spiro atoms. The van der Waals surface area contributed by atoms with Crippen LogP contribution in [0.1, 0.15) is 5.82 Å². The van der Waals surface area contributed by atoms with Crippen molar-refractivity contribution in [2.45, 2.75) is 11.5 Å². The maximum atomic E-state index is 5.09. The summed E-state index contributed by atoms with van der Waals surface area (Å²) in [7, 11) is 3.46. The average molecular weight is 290 g/mol. The summed E-state index contributed by atoms with van der Waals surface area (Å²) >= 11 is 1.69. The van der Waals surface area contributed by atoms with Crippen LogP contribution < -0.4 is 10.6 Å². The van der Waals surface area contributed by atoms with Gasteiger partial charge in [0.05, 0.1) is 5.69 Å². The van der Waals surface area contributed by atoms with E-state index in [4.69, 9.17) is 4.74 Å². The van der Waals surface area contributed by atoms with E-state index in [1.165, 1.54) is 4.90 Å². The molecule has 0 aliphatic carbocycles. The van der Waals surface area contributed by atoms with Gasteiger partial charge in [-0.1, -0.05) is 12.1 Å². The number of benzene rings is 1. The molecule has 1 aromatic heterocycles. The van der Waals surface area contributed by atoms with E-state index < -0.39 is 0 Å². The molecule has 6 heteroatoms. The summed E-state index contributed by atoms with van der Waals surface area (Å²) in [6.07, 6.45) is 2.05. The number of para-hydroxylation sites is 1. The maximum absolute atomic E-state index is 5.09. The first kappa shape index (κ1) is 14.6. The van der Waals surface area contributed by atoms with Crippen LogP contribution in [0.4, 0.5) is 17.3 Å². The predicted molar refractivity (Wildman–Crippen MR) is 83.8 cm³/mol. The molecule has 106 valence electrons. The minimum Gasteiger partial charge on any atom is -0.377 e. The van der Waals surface area contributed by atoms with Crippen LogP contribution in [0.5, 0.6) is 0 Å². The van der Waals surface area contributed by atoms with Crippen molar-refractivity contribution >= 4 is 29.1 Å². The number of aromatic nitrogens is 2. The Morgan fingerprint density at radius 2 is 1.95 bits per heavy atom. The van der Waals surface area contributed by atoms with Gasteiger partial charge < -0.3 is 15.4 Å². The second-order valence-corrected chi connectivity index (χ2v) is 4.91. The standard InChI is InChI=1S/C14H18N4OS/c1-15-12-8-13(18-14(17-12)9-19-2)16-10-6-4-5-7-11(10)20-3/h4-8H,9H2,1-3H3,(H2,15,16,17,18). The van der Waals surface area contributed by atoms with Crippen molar-refractivity contribution in [2.75, 3.05) is 31.0 Å². The fourth-order valence-corrected chi connectivity index (χ4v) is 2.32. The number of nitrogens with zero attached hydrogens (tertiary/aromatic N) is 2. The zero-order chi connectivity index (χ0) is 14.4. The van der Waals surface area contributed by atoms with Crippen LogP contribution in [0.2, 0.25) is 0 Å². The van der Waals surface area contributed by atoms with Gasteiger partial charge in [0.15, 0.2) is 5.82 Å². The summed E-state index contributed by atoms with van der Waals surface area (Å²) in [5.41, 5.74) is 1.03. The molecule has 20 heavy (non-hydrogen) atoms. The van der Waals surface area contributed by atoms with E-state index in [2.05, 4.69) is 32.9 Å². The molecular formula is C14H18N4OS. The minimum absolute atomic E-state index is 0.383. The molecule has 0 aliphatic rings. The topological polar surface area (TPSA) is 59.1 Å². The van der Waals surface area contributed by atoms with Gasteiger partial charge in [0, 0.05) is 25.1 Å². The van der Waals surface area contributed by atoms with Crippen molar-refractivity contribution in [2.24, 2.45) is 0 Å². The number of ether oxygens (including phenoxy) is 1. The second-order valence-electron chi connectivity index (χ2n) is 4.06. The van der Waals surface area contributed by atoms with E-state index >= 15 is 0 Å². The molecule has 0 atom stereocenters. The summed E-state index contributed by atoms with van der Waals surface area (Å²) < 4.78 is 5.09. The monoisotopic (exact) mass is 290 g/mol. The molecule has 0 radical (unpaired) electrons.